The van der Waals surface area contributed by atoms with Crippen LogP contribution in [-0.2, 0) is 6.42 Å². The molecule has 0 aromatic carbocycles. The average molecular weight is 136 g/mol. The van der Waals surface area contributed by atoms with E-state index in [9.17, 15) is 0 Å². The van der Waals surface area contributed by atoms with Crippen molar-refractivity contribution >= 4 is 5.82 Å². The van der Waals surface area contributed by atoms with Gasteiger partial charge < -0.3 is 5.73 Å². The van der Waals surface area contributed by atoms with Gasteiger partial charge in [-0.15, -0.1) is 0 Å². The van der Waals surface area contributed by atoms with Gasteiger partial charge in [-0.2, -0.15) is 0 Å². The van der Waals surface area contributed by atoms with Crippen molar-refractivity contribution in [2.24, 2.45) is 0 Å². The average Bonchev–Trinajstić information content (AvgIpc) is 1.94. The molecule has 54 valence electrons. The normalized spacial score (nSPS) is 9.80. The van der Waals surface area contributed by atoms with Crippen LogP contribution in [0.3, 0.4) is 0 Å². The monoisotopic (exact) mass is 136 g/mol. The Labute approximate surface area is 61.1 Å². The van der Waals surface area contributed by atoms with Crippen molar-refractivity contribution in [1.82, 2.24) is 4.98 Å². The van der Waals surface area contributed by atoms with Crippen LogP contribution in [0.5, 0.6) is 0 Å². The molecule has 0 atom stereocenters. The van der Waals surface area contributed by atoms with Crippen LogP contribution >= 0.6 is 0 Å². The third kappa shape index (κ3) is 1.26. The first kappa shape index (κ1) is 7.06. The molecule has 2 nitrogen and oxygen atoms in total. The first-order valence-electron chi connectivity index (χ1n) is 3.45. The molecule has 0 unspecified atom stereocenters. The minimum atomic E-state index is 0.613. The maximum absolute atomic E-state index is 5.49. The van der Waals surface area contributed by atoms with Crippen LogP contribution in [0, 0.1) is 6.92 Å². The Hall–Kier alpha value is -1.05. The van der Waals surface area contributed by atoms with Crippen LogP contribution in [0.4, 0.5) is 5.82 Å². The Morgan fingerprint density at radius 3 is 2.80 bits per heavy atom. The van der Waals surface area contributed by atoms with Gasteiger partial charge in [-0.1, -0.05) is 6.92 Å². The van der Waals surface area contributed by atoms with E-state index in [4.69, 9.17) is 5.73 Å². The number of aryl methyl sites for hydroxylation is 2. The molecule has 0 aliphatic heterocycles. The topological polar surface area (TPSA) is 38.9 Å². The second-order valence-corrected chi connectivity index (χ2v) is 2.39. The van der Waals surface area contributed by atoms with E-state index in [-0.39, 0.29) is 0 Å². The number of hydrogen-bond acceptors (Lipinski definition) is 2. The smallest absolute Gasteiger partial charge is 0.123 e. The quantitative estimate of drug-likeness (QED) is 0.636. The van der Waals surface area contributed by atoms with Crippen molar-refractivity contribution in [3.8, 4) is 0 Å². The van der Waals surface area contributed by atoms with Gasteiger partial charge in [0.1, 0.15) is 5.82 Å². The van der Waals surface area contributed by atoms with Crippen LogP contribution in [0.1, 0.15) is 18.1 Å². The largest absolute Gasteiger partial charge is 0.384 e. The summed E-state index contributed by atoms with van der Waals surface area (Å²) in [5.74, 6) is 0.613. The number of rotatable bonds is 1. The molecule has 0 saturated carbocycles. The van der Waals surface area contributed by atoms with Gasteiger partial charge >= 0.3 is 0 Å². The minimum absolute atomic E-state index is 0.613. The third-order valence-corrected chi connectivity index (χ3v) is 1.62. The summed E-state index contributed by atoms with van der Waals surface area (Å²) in [4.78, 5) is 3.97. The molecular weight excluding hydrogens is 124 g/mol. The van der Waals surface area contributed by atoms with Crippen molar-refractivity contribution in [2.75, 3.05) is 5.73 Å². The molecule has 10 heavy (non-hydrogen) atoms. The number of nitrogens with two attached hydrogens (primary N) is 1. The highest BCUT2D eigenvalue weighted by atomic mass is 14.8. The molecule has 0 fully saturated rings. The van der Waals surface area contributed by atoms with Gasteiger partial charge in [-0.25, -0.2) is 4.98 Å². The first-order chi connectivity index (χ1) is 4.74. The summed E-state index contributed by atoms with van der Waals surface area (Å²) in [6, 6.07) is 1.93. The Balaban J connectivity index is 3.09. The first-order valence-corrected chi connectivity index (χ1v) is 3.45. The SMILES string of the molecule is CCc1cc(N)ncc1C. The Morgan fingerprint density at radius 1 is 1.60 bits per heavy atom. The van der Waals surface area contributed by atoms with Crippen LogP contribution in [0.25, 0.3) is 0 Å². The second-order valence-electron chi connectivity index (χ2n) is 2.39. The molecule has 1 rings (SSSR count). The predicted octanol–water partition coefficient (Wildman–Crippen LogP) is 1.53. The molecule has 0 saturated heterocycles. The van der Waals surface area contributed by atoms with Gasteiger partial charge in [0, 0.05) is 6.20 Å². The Morgan fingerprint density at radius 2 is 2.30 bits per heavy atom. The summed E-state index contributed by atoms with van der Waals surface area (Å²) in [6.07, 6.45) is 2.84. The second kappa shape index (κ2) is 2.69. The van der Waals surface area contributed by atoms with E-state index in [1.807, 2.05) is 19.2 Å². The number of aromatic nitrogens is 1. The zero-order chi connectivity index (χ0) is 7.56. The summed E-state index contributed by atoms with van der Waals surface area (Å²) < 4.78 is 0. The number of anilines is 1. The molecule has 2 N–H and O–H groups in total. The molecule has 0 amide bonds. The zero-order valence-corrected chi connectivity index (χ0v) is 6.39. The molecule has 0 aliphatic carbocycles. The van der Waals surface area contributed by atoms with Crippen LogP contribution in [0.15, 0.2) is 12.3 Å². The van der Waals surface area contributed by atoms with Crippen molar-refractivity contribution < 1.29 is 0 Å². The molecule has 1 aromatic heterocycles. The number of nitrogens with zero attached hydrogens (tertiary/aromatic N) is 1. The fourth-order valence-corrected chi connectivity index (χ4v) is 0.965. The molecule has 0 radical (unpaired) electrons. The van der Waals surface area contributed by atoms with Gasteiger partial charge in [0.25, 0.3) is 0 Å². The lowest BCUT2D eigenvalue weighted by Gasteiger charge is -2.01. The molecule has 2 heteroatoms. The molecule has 1 aromatic rings. The van der Waals surface area contributed by atoms with E-state index in [0.29, 0.717) is 5.82 Å². The number of pyridine rings is 1. The summed E-state index contributed by atoms with van der Waals surface area (Å²) in [5.41, 5.74) is 8.00. The van der Waals surface area contributed by atoms with E-state index in [1.54, 1.807) is 0 Å². The summed E-state index contributed by atoms with van der Waals surface area (Å²) in [5, 5.41) is 0. The van der Waals surface area contributed by atoms with Crippen LogP contribution in [-0.4, -0.2) is 4.98 Å². The third-order valence-electron chi connectivity index (χ3n) is 1.62. The highest BCUT2D eigenvalue weighted by Gasteiger charge is 1.95. The fraction of sp³-hybridized carbons (Fsp3) is 0.375. The van der Waals surface area contributed by atoms with Crippen molar-refractivity contribution in [3.05, 3.63) is 23.4 Å². The molecule has 1 heterocycles. The van der Waals surface area contributed by atoms with Crippen LogP contribution in [0.2, 0.25) is 0 Å². The van der Waals surface area contributed by atoms with E-state index < -0.39 is 0 Å². The molecule has 0 bridgehead atoms. The van der Waals surface area contributed by atoms with Gasteiger partial charge in [0.15, 0.2) is 0 Å². The Bertz CT molecular complexity index is 231. The molecular formula is C8H12N2. The maximum Gasteiger partial charge on any atom is 0.123 e. The summed E-state index contributed by atoms with van der Waals surface area (Å²) in [6.45, 7) is 4.16. The summed E-state index contributed by atoms with van der Waals surface area (Å²) in [7, 11) is 0. The molecule has 0 spiro atoms. The van der Waals surface area contributed by atoms with E-state index in [1.165, 1.54) is 11.1 Å². The lowest BCUT2D eigenvalue weighted by molar-refractivity contribution is 1.09. The highest BCUT2D eigenvalue weighted by Crippen LogP contribution is 2.09. The van der Waals surface area contributed by atoms with Crippen molar-refractivity contribution in [1.29, 1.82) is 0 Å². The molecule has 0 aliphatic rings. The fourth-order valence-electron chi connectivity index (χ4n) is 0.965. The lowest BCUT2D eigenvalue weighted by Crippen LogP contribution is -1.94. The number of hydrogen-bond donors (Lipinski definition) is 1. The lowest BCUT2D eigenvalue weighted by atomic mass is 10.1. The van der Waals surface area contributed by atoms with Crippen molar-refractivity contribution in [2.45, 2.75) is 20.3 Å². The zero-order valence-electron chi connectivity index (χ0n) is 6.39. The van der Waals surface area contributed by atoms with Gasteiger partial charge in [0.05, 0.1) is 0 Å². The van der Waals surface area contributed by atoms with Gasteiger partial charge in [-0.3, -0.25) is 0 Å². The van der Waals surface area contributed by atoms with E-state index >= 15 is 0 Å². The van der Waals surface area contributed by atoms with Crippen LogP contribution < -0.4 is 5.73 Å². The Kier molecular flexibility index (Phi) is 1.90. The predicted molar refractivity (Wildman–Crippen MR) is 42.8 cm³/mol. The van der Waals surface area contributed by atoms with Gasteiger partial charge in [-0.05, 0) is 30.5 Å². The highest BCUT2D eigenvalue weighted by molar-refractivity contribution is 5.36. The summed E-state index contributed by atoms with van der Waals surface area (Å²) >= 11 is 0. The van der Waals surface area contributed by atoms with Gasteiger partial charge in [0.2, 0.25) is 0 Å². The number of nitrogen functional groups attached to an aromatic ring is 1. The van der Waals surface area contributed by atoms with E-state index in [0.717, 1.165) is 6.42 Å². The van der Waals surface area contributed by atoms with Crippen molar-refractivity contribution in [3.63, 3.8) is 0 Å². The standard InChI is InChI=1S/C8H12N2/c1-3-7-4-8(9)10-5-6(7)2/h4-5H,3H2,1-2H3,(H2,9,10). The van der Waals surface area contributed by atoms with E-state index in [2.05, 4.69) is 11.9 Å². The maximum atomic E-state index is 5.49. The minimum Gasteiger partial charge on any atom is -0.384 e.